The Hall–Kier alpha value is -2.79. The number of carbonyl (C=O) groups is 1. The summed E-state index contributed by atoms with van der Waals surface area (Å²) in [5.41, 5.74) is 3.23. The molecule has 5 heteroatoms. The van der Waals surface area contributed by atoms with Gasteiger partial charge in [0.15, 0.2) is 5.76 Å². The summed E-state index contributed by atoms with van der Waals surface area (Å²) >= 11 is 1.66. The second-order valence-electron chi connectivity index (χ2n) is 5.67. The summed E-state index contributed by atoms with van der Waals surface area (Å²) < 4.78 is 5.86. The average molecular weight is 348 g/mol. The van der Waals surface area contributed by atoms with Crippen LogP contribution in [0.3, 0.4) is 0 Å². The molecule has 0 saturated heterocycles. The normalized spacial score (nSPS) is 11.1. The van der Waals surface area contributed by atoms with E-state index < -0.39 is 0 Å². The maximum atomic E-state index is 12.9. The first-order chi connectivity index (χ1) is 12.3. The van der Waals surface area contributed by atoms with E-state index in [1.54, 1.807) is 18.0 Å². The molecular weight excluding hydrogens is 332 g/mol. The molecule has 2 aromatic heterocycles. The number of hydrogen-bond acceptors (Lipinski definition) is 4. The van der Waals surface area contributed by atoms with E-state index in [0.717, 1.165) is 38.9 Å². The van der Waals surface area contributed by atoms with E-state index in [1.807, 2.05) is 60.9 Å². The third-order valence-corrected chi connectivity index (χ3v) is 4.66. The number of para-hydroxylation sites is 1. The number of benzene rings is 2. The van der Waals surface area contributed by atoms with Crippen LogP contribution in [0, 0.1) is 0 Å². The van der Waals surface area contributed by atoms with Crippen LogP contribution in [0.15, 0.2) is 65.2 Å². The number of thioether (sulfide) groups is 1. The van der Waals surface area contributed by atoms with Gasteiger partial charge in [0, 0.05) is 28.3 Å². The van der Waals surface area contributed by atoms with Crippen LogP contribution in [0.5, 0.6) is 0 Å². The van der Waals surface area contributed by atoms with Crippen LogP contribution in [0.4, 0.5) is 5.69 Å². The summed E-state index contributed by atoms with van der Waals surface area (Å²) in [6.07, 6.45) is 3.75. The summed E-state index contributed by atoms with van der Waals surface area (Å²) in [6.45, 7) is 0. The van der Waals surface area contributed by atoms with Crippen LogP contribution in [-0.4, -0.2) is 17.1 Å². The molecule has 0 aliphatic heterocycles. The van der Waals surface area contributed by atoms with Crippen LogP contribution in [0.25, 0.3) is 21.9 Å². The number of hydrogen-bond donors (Lipinski definition) is 1. The minimum atomic E-state index is -0.239. The lowest BCUT2D eigenvalue weighted by molar-refractivity contribution is 0.0998. The number of aromatic nitrogens is 1. The molecule has 0 saturated carbocycles. The molecule has 4 nitrogen and oxygen atoms in total. The SMILES string of the molecule is CSCc1c(C(=O)Nc2cccc3ncccc23)oc2ccccc12. The van der Waals surface area contributed by atoms with Crippen molar-refractivity contribution >= 4 is 45.2 Å². The molecule has 0 atom stereocenters. The molecule has 4 aromatic rings. The summed E-state index contributed by atoms with van der Waals surface area (Å²) in [5, 5.41) is 4.87. The lowest BCUT2D eigenvalue weighted by Gasteiger charge is -2.08. The monoisotopic (exact) mass is 348 g/mol. The Balaban J connectivity index is 1.76. The van der Waals surface area contributed by atoms with E-state index in [4.69, 9.17) is 4.42 Å². The van der Waals surface area contributed by atoms with Gasteiger partial charge in [-0.2, -0.15) is 11.8 Å². The molecule has 2 heterocycles. The Kier molecular flexibility index (Phi) is 4.15. The van der Waals surface area contributed by atoms with E-state index in [9.17, 15) is 4.79 Å². The quantitative estimate of drug-likeness (QED) is 0.558. The number of nitrogens with one attached hydrogen (secondary N) is 1. The molecule has 0 bridgehead atoms. The number of carbonyl (C=O) groups excluding carboxylic acids is 1. The van der Waals surface area contributed by atoms with Crippen LogP contribution in [0.1, 0.15) is 16.1 Å². The second kappa shape index (κ2) is 6.61. The molecule has 25 heavy (non-hydrogen) atoms. The summed E-state index contributed by atoms with van der Waals surface area (Å²) in [4.78, 5) is 17.2. The standard InChI is InChI=1S/C20H16N2O2S/c1-25-12-15-13-6-2-3-10-18(13)24-19(15)20(23)22-17-9-4-8-16-14(17)7-5-11-21-16/h2-11H,12H2,1H3,(H,22,23). The fraction of sp³-hybridized carbons (Fsp3) is 0.100. The van der Waals surface area contributed by atoms with Crippen molar-refractivity contribution in [1.29, 1.82) is 0 Å². The Morgan fingerprint density at radius 2 is 1.92 bits per heavy atom. The molecule has 1 amide bonds. The number of rotatable bonds is 4. The Bertz CT molecular complexity index is 1070. The van der Waals surface area contributed by atoms with Crippen molar-refractivity contribution in [2.24, 2.45) is 0 Å². The maximum Gasteiger partial charge on any atom is 0.291 e. The average Bonchev–Trinajstić information content (AvgIpc) is 3.01. The van der Waals surface area contributed by atoms with E-state index in [1.165, 1.54) is 0 Å². The third kappa shape index (κ3) is 2.87. The molecule has 2 aromatic carbocycles. The molecule has 0 aliphatic rings. The van der Waals surface area contributed by atoms with E-state index in [-0.39, 0.29) is 5.91 Å². The summed E-state index contributed by atoms with van der Waals surface area (Å²) in [5.74, 6) is 0.852. The Morgan fingerprint density at radius 3 is 2.80 bits per heavy atom. The highest BCUT2D eigenvalue weighted by molar-refractivity contribution is 7.97. The van der Waals surface area contributed by atoms with Gasteiger partial charge in [-0.25, -0.2) is 0 Å². The Labute approximate surface area is 149 Å². The number of pyridine rings is 1. The fourth-order valence-corrected chi connectivity index (χ4v) is 3.54. The largest absolute Gasteiger partial charge is 0.451 e. The van der Waals surface area contributed by atoms with E-state index >= 15 is 0 Å². The van der Waals surface area contributed by atoms with Crippen LogP contribution < -0.4 is 5.32 Å². The first-order valence-corrected chi connectivity index (χ1v) is 9.32. The van der Waals surface area contributed by atoms with Gasteiger partial charge in [-0.1, -0.05) is 24.3 Å². The van der Waals surface area contributed by atoms with Gasteiger partial charge in [-0.15, -0.1) is 0 Å². The maximum absolute atomic E-state index is 12.9. The lowest BCUT2D eigenvalue weighted by Crippen LogP contribution is -2.13. The van der Waals surface area contributed by atoms with Gasteiger partial charge < -0.3 is 9.73 Å². The van der Waals surface area contributed by atoms with E-state index in [0.29, 0.717) is 5.76 Å². The highest BCUT2D eigenvalue weighted by Crippen LogP contribution is 2.30. The van der Waals surface area contributed by atoms with Crippen molar-refractivity contribution in [2.75, 3.05) is 11.6 Å². The topological polar surface area (TPSA) is 55.1 Å². The summed E-state index contributed by atoms with van der Waals surface area (Å²) in [6, 6.07) is 17.2. The predicted molar refractivity (Wildman–Crippen MR) is 103 cm³/mol. The molecule has 1 N–H and O–H groups in total. The number of anilines is 1. The van der Waals surface area contributed by atoms with E-state index in [2.05, 4.69) is 10.3 Å². The molecule has 0 fully saturated rings. The molecule has 0 radical (unpaired) electrons. The minimum Gasteiger partial charge on any atom is -0.451 e. The van der Waals surface area contributed by atoms with Crippen molar-refractivity contribution in [1.82, 2.24) is 4.98 Å². The number of fused-ring (bicyclic) bond motifs is 2. The first kappa shape index (κ1) is 15.7. The van der Waals surface area contributed by atoms with Gasteiger partial charge in [0.2, 0.25) is 0 Å². The zero-order valence-corrected chi connectivity index (χ0v) is 14.5. The third-order valence-electron chi connectivity index (χ3n) is 4.09. The number of nitrogens with zero attached hydrogens (tertiary/aromatic N) is 1. The van der Waals surface area contributed by atoms with Crippen LogP contribution in [0.2, 0.25) is 0 Å². The van der Waals surface area contributed by atoms with Gasteiger partial charge in [0.1, 0.15) is 5.58 Å². The molecular formula is C20H16N2O2S. The van der Waals surface area contributed by atoms with Crippen molar-refractivity contribution in [2.45, 2.75) is 5.75 Å². The second-order valence-corrected chi connectivity index (χ2v) is 6.53. The van der Waals surface area contributed by atoms with Crippen LogP contribution in [-0.2, 0) is 5.75 Å². The van der Waals surface area contributed by atoms with Crippen LogP contribution >= 0.6 is 11.8 Å². The van der Waals surface area contributed by atoms with Gasteiger partial charge in [-0.05, 0) is 36.6 Å². The lowest BCUT2D eigenvalue weighted by atomic mass is 10.1. The van der Waals surface area contributed by atoms with Crippen molar-refractivity contribution < 1.29 is 9.21 Å². The molecule has 124 valence electrons. The highest BCUT2D eigenvalue weighted by Gasteiger charge is 2.20. The van der Waals surface area contributed by atoms with Gasteiger partial charge in [-0.3, -0.25) is 9.78 Å². The molecule has 0 spiro atoms. The number of amides is 1. The van der Waals surface area contributed by atoms with Gasteiger partial charge in [0.25, 0.3) is 5.91 Å². The summed E-state index contributed by atoms with van der Waals surface area (Å²) in [7, 11) is 0. The Morgan fingerprint density at radius 1 is 1.08 bits per heavy atom. The van der Waals surface area contributed by atoms with Crippen molar-refractivity contribution in [3.63, 3.8) is 0 Å². The van der Waals surface area contributed by atoms with Gasteiger partial charge in [0.05, 0.1) is 11.2 Å². The zero-order valence-electron chi connectivity index (χ0n) is 13.7. The smallest absolute Gasteiger partial charge is 0.291 e. The van der Waals surface area contributed by atoms with Gasteiger partial charge >= 0.3 is 0 Å². The van der Waals surface area contributed by atoms with Crippen molar-refractivity contribution in [3.8, 4) is 0 Å². The predicted octanol–water partition coefficient (Wildman–Crippen LogP) is 5.10. The molecule has 4 rings (SSSR count). The first-order valence-electron chi connectivity index (χ1n) is 7.92. The fourth-order valence-electron chi connectivity index (χ4n) is 2.96. The highest BCUT2D eigenvalue weighted by atomic mass is 32.2. The minimum absolute atomic E-state index is 0.239. The molecule has 0 aliphatic carbocycles. The number of furan rings is 1. The van der Waals surface area contributed by atoms with Crippen molar-refractivity contribution in [3.05, 3.63) is 72.1 Å². The zero-order chi connectivity index (χ0) is 17.2. The molecule has 0 unspecified atom stereocenters.